The van der Waals surface area contributed by atoms with Crippen molar-refractivity contribution in [3.63, 3.8) is 0 Å². The molecule has 0 spiro atoms. The topological polar surface area (TPSA) is 64.9 Å². The zero-order valence-corrected chi connectivity index (χ0v) is 9.22. The summed E-state index contributed by atoms with van der Waals surface area (Å²) in [4.78, 5) is 11.6. The van der Waals surface area contributed by atoms with E-state index in [1.165, 1.54) is 18.2 Å². The summed E-state index contributed by atoms with van der Waals surface area (Å²) in [5.74, 6) is -1.23. The zero-order chi connectivity index (χ0) is 13.6. The fraction of sp³-hybridized carbons (Fsp3) is 0.273. The molecule has 0 bridgehead atoms. The van der Waals surface area contributed by atoms with Crippen LogP contribution >= 0.6 is 0 Å². The summed E-state index contributed by atoms with van der Waals surface area (Å²) in [6.07, 6.45) is -4.74. The van der Waals surface area contributed by atoms with E-state index in [2.05, 4.69) is 10.6 Å². The number of nitrogens with one attached hydrogen (secondary N) is 2. The van der Waals surface area contributed by atoms with E-state index < -0.39 is 17.6 Å². The number of carbonyl (C=O) groups is 1. The van der Waals surface area contributed by atoms with Gasteiger partial charge in [0.25, 0.3) is 5.91 Å². The lowest BCUT2D eigenvalue weighted by atomic mass is 9.95. The molecule has 0 radical (unpaired) electrons. The molecule has 1 unspecified atom stereocenters. The predicted molar refractivity (Wildman–Crippen MR) is 57.9 cm³/mol. The molecule has 1 amide bonds. The van der Waals surface area contributed by atoms with Crippen molar-refractivity contribution < 1.29 is 18.0 Å². The molecule has 18 heavy (non-hydrogen) atoms. The summed E-state index contributed by atoms with van der Waals surface area (Å²) in [7, 11) is 0. The van der Waals surface area contributed by atoms with Gasteiger partial charge in [-0.25, -0.2) is 0 Å². The van der Waals surface area contributed by atoms with Gasteiger partial charge in [0.15, 0.2) is 0 Å². The smallest absolute Gasteiger partial charge is 0.362 e. The molecule has 2 rings (SSSR count). The maximum absolute atomic E-state index is 12.9. The van der Waals surface area contributed by atoms with Crippen LogP contribution in [-0.4, -0.2) is 17.6 Å². The van der Waals surface area contributed by atoms with Crippen molar-refractivity contribution in [1.29, 1.82) is 5.26 Å². The predicted octanol–water partition coefficient (Wildman–Crippen LogP) is 2.24. The molecule has 1 aliphatic rings. The number of fused-ring (bicyclic) bond motifs is 1. The van der Waals surface area contributed by atoms with Crippen molar-refractivity contribution in [3.05, 3.63) is 23.8 Å². The number of hydrogen-bond acceptors (Lipinski definition) is 3. The van der Waals surface area contributed by atoms with Crippen molar-refractivity contribution in [1.82, 2.24) is 0 Å². The molecule has 94 valence electrons. The highest BCUT2D eigenvalue weighted by Gasteiger charge is 2.58. The summed E-state index contributed by atoms with van der Waals surface area (Å²) in [6.45, 7) is 0.754. The van der Waals surface area contributed by atoms with Crippen LogP contribution in [0.5, 0.6) is 0 Å². The summed E-state index contributed by atoms with van der Waals surface area (Å²) >= 11 is 0. The number of amides is 1. The van der Waals surface area contributed by atoms with Gasteiger partial charge >= 0.3 is 6.18 Å². The van der Waals surface area contributed by atoms with E-state index in [0.29, 0.717) is 0 Å². The highest BCUT2D eigenvalue weighted by Crippen LogP contribution is 2.40. The first-order valence-corrected chi connectivity index (χ1v) is 4.99. The maximum atomic E-state index is 12.9. The van der Waals surface area contributed by atoms with Gasteiger partial charge in [-0.3, -0.25) is 4.79 Å². The van der Waals surface area contributed by atoms with Crippen LogP contribution in [0.1, 0.15) is 12.5 Å². The van der Waals surface area contributed by atoms with Gasteiger partial charge in [-0.15, -0.1) is 0 Å². The van der Waals surface area contributed by atoms with Gasteiger partial charge < -0.3 is 10.6 Å². The molecule has 7 heteroatoms. The van der Waals surface area contributed by atoms with Crippen LogP contribution in [0.4, 0.5) is 24.5 Å². The molecular weight excluding hydrogens is 247 g/mol. The molecule has 0 aliphatic carbocycles. The lowest BCUT2D eigenvalue weighted by Gasteiger charge is -2.37. The molecule has 1 aromatic rings. The van der Waals surface area contributed by atoms with Crippen LogP contribution in [-0.2, 0) is 4.79 Å². The number of anilines is 2. The third-order valence-corrected chi connectivity index (χ3v) is 2.83. The fourth-order valence-electron chi connectivity index (χ4n) is 1.65. The third-order valence-electron chi connectivity index (χ3n) is 2.83. The van der Waals surface area contributed by atoms with E-state index in [9.17, 15) is 18.0 Å². The summed E-state index contributed by atoms with van der Waals surface area (Å²) in [6, 6.07) is 6.04. The highest BCUT2D eigenvalue weighted by atomic mass is 19.4. The molecule has 0 aromatic heterocycles. The van der Waals surface area contributed by atoms with Crippen LogP contribution in [0.25, 0.3) is 0 Å². The first kappa shape index (κ1) is 12.2. The Hall–Kier alpha value is -2.23. The second kappa shape index (κ2) is 3.63. The Balaban J connectivity index is 2.54. The Morgan fingerprint density at radius 3 is 2.61 bits per heavy atom. The van der Waals surface area contributed by atoms with Crippen molar-refractivity contribution in [2.75, 3.05) is 10.6 Å². The lowest BCUT2D eigenvalue weighted by Crippen LogP contribution is -2.60. The van der Waals surface area contributed by atoms with Crippen molar-refractivity contribution in [3.8, 4) is 6.07 Å². The van der Waals surface area contributed by atoms with E-state index in [1.54, 1.807) is 6.07 Å². The minimum Gasteiger partial charge on any atom is -0.362 e. The molecule has 4 nitrogen and oxygen atoms in total. The quantitative estimate of drug-likeness (QED) is 0.747. The number of para-hydroxylation sites is 1. The average Bonchev–Trinajstić information content (AvgIpc) is 2.28. The van der Waals surface area contributed by atoms with Gasteiger partial charge in [-0.1, -0.05) is 6.07 Å². The molecule has 1 heterocycles. The van der Waals surface area contributed by atoms with Crippen LogP contribution in [0.3, 0.4) is 0 Å². The van der Waals surface area contributed by atoms with Crippen LogP contribution in [0.2, 0.25) is 0 Å². The maximum Gasteiger partial charge on any atom is 0.420 e. The number of carbonyl (C=O) groups excluding carboxylic acids is 1. The third kappa shape index (κ3) is 1.57. The van der Waals surface area contributed by atoms with Gasteiger partial charge in [0.05, 0.1) is 16.9 Å². The number of alkyl halides is 3. The molecule has 0 fully saturated rings. The molecule has 0 saturated heterocycles. The number of benzene rings is 1. The van der Waals surface area contributed by atoms with Gasteiger partial charge in [0.2, 0.25) is 5.54 Å². The Morgan fingerprint density at radius 2 is 2.06 bits per heavy atom. The average molecular weight is 255 g/mol. The van der Waals surface area contributed by atoms with Crippen molar-refractivity contribution >= 4 is 17.3 Å². The fourth-order valence-corrected chi connectivity index (χ4v) is 1.65. The monoisotopic (exact) mass is 255 g/mol. The Labute approximate surface area is 100 Å². The highest BCUT2D eigenvalue weighted by molar-refractivity contribution is 6.07. The Morgan fingerprint density at radius 1 is 1.39 bits per heavy atom. The number of nitrogens with zero attached hydrogens (tertiary/aromatic N) is 1. The second-order valence-corrected chi connectivity index (χ2v) is 4.04. The standard InChI is InChI=1S/C11H8F3N3O/c1-10(11(12,13)14)9(18)16-8-6(5-15)3-2-4-7(8)17-10/h2-4,17H,1H3,(H,16,18). The normalized spacial score (nSPS) is 22.5. The van der Waals surface area contributed by atoms with E-state index >= 15 is 0 Å². The van der Waals surface area contributed by atoms with Crippen LogP contribution in [0, 0.1) is 11.3 Å². The van der Waals surface area contributed by atoms with Crippen LogP contribution < -0.4 is 10.6 Å². The first-order chi connectivity index (χ1) is 8.29. The molecule has 1 atom stereocenters. The zero-order valence-electron chi connectivity index (χ0n) is 9.22. The van der Waals surface area contributed by atoms with Crippen molar-refractivity contribution in [2.24, 2.45) is 0 Å². The van der Waals surface area contributed by atoms with E-state index in [-0.39, 0.29) is 16.9 Å². The summed E-state index contributed by atoms with van der Waals surface area (Å²) in [5.41, 5.74) is -2.44. The first-order valence-electron chi connectivity index (χ1n) is 4.99. The van der Waals surface area contributed by atoms with E-state index in [1.807, 2.05) is 0 Å². The number of nitriles is 1. The van der Waals surface area contributed by atoms with Gasteiger partial charge in [-0.05, 0) is 19.1 Å². The van der Waals surface area contributed by atoms with Gasteiger partial charge in [-0.2, -0.15) is 18.4 Å². The number of halogens is 3. The van der Waals surface area contributed by atoms with Crippen molar-refractivity contribution in [2.45, 2.75) is 18.6 Å². The Kier molecular flexibility index (Phi) is 2.47. The molecule has 2 N–H and O–H groups in total. The largest absolute Gasteiger partial charge is 0.420 e. The van der Waals surface area contributed by atoms with Crippen LogP contribution in [0.15, 0.2) is 18.2 Å². The molecular formula is C11H8F3N3O. The number of hydrogen-bond donors (Lipinski definition) is 2. The molecule has 1 aromatic carbocycles. The van der Waals surface area contributed by atoms with E-state index in [0.717, 1.165) is 6.92 Å². The van der Waals surface area contributed by atoms with Gasteiger partial charge in [0, 0.05) is 0 Å². The minimum atomic E-state index is -4.74. The van der Waals surface area contributed by atoms with Gasteiger partial charge in [0.1, 0.15) is 6.07 Å². The Bertz CT molecular complexity index is 562. The SMILES string of the molecule is CC1(C(F)(F)F)Nc2cccc(C#N)c2NC1=O. The summed E-state index contributed by atoms with van der Waals surface area (Å²) in [5, 5.41) is 13.1. The second-order valence-electron chi connectivity index (χ2n) is 4.04. The van der Waals surface area contributed by atoms with E-state index in [4.69, 9.17) is 5.26 Å². The lowest BCUT2D eigenvalue weighted by molar-refractivity contribution is -0.179. The molecule has 1 aliphatic heterocycles. The molecule has 0 saturated carbocycles. The summed E-state index contributed by atoms with van der Waals surface area (Å²) < 4.78 is 38.6. The number of rotatable bonds is 0. The minimum absolute atomic E-state index is 0.0757.